The van der Waals surface area contributed by atoms with Crippen LogP contribution in [-0.2, 0) is 4.74 Å². The molecule has 0 spiro atoms. The molecule has 0 aromatic carbocycles. The molecule has 0 bridgehead atoms. The molecule has 0 atom stereocenters. The molecule has 100 valence electrons. The Hall–Kier alpha value is -2.44. The van der Waals surface area contributed by atoms with Crippen LogP contribution in [0.3, 0.4) is 0 Å². The van der Waals surface area contributed by atoms with Crippen molar-refractivity contribution in [1.82, 2.24) is 14.8 Å². The Morgan fingerprint density at radius 1 is 1.47 bits per heavy atom. The highest BCUT2D eigenvalue weighted by atomic mass is 19.1. The Balaban J connectivity index is 2.34. The van der Waals surface area contributed by atoms with Gasteiger partial charge in [0.1, 0.15) is 5.69 Å². The second-order valence-corrected chi connectivity index (χ2v) is 3.57. The van der Waals surface area contributed by atoms with Crippen molar-refractivity contribution < 1.29 is 18.7 Å². The summed E-state index contributed by atoms with van der Waals surface area (Å²) in [5, 5.41) is 3.92. The smallest absolute Gasteiger partial charge is 0.341 e. The predicted octanol–water partition coefficient (Wildman–Crippen LogP) is 1.59. The normalized spacial score (nSPS) is 10.3. The first-order valence-corrected chi connectivity index (χ1v) is 5.57. The fourth-order valence-electron chi connectivity index (χ4n) is 1.47. The molecule has 0 aliphatic carbocycles. The number of carbonyl (C=O) groups excluding carboxylic acids is 1. The Morgan fingerprint density at radius 2 is 2.26 bits per heavy atom. The molecule has 0 saturated carbocycles. The number of pyridine rings is 1. The molecule has 19 heavy (non-hydrogen) atoms. The van der Waals surface area contributed by atoms with Gasteiger partial charge in [-0.1, -0.05) is 0 Å². The molecule has 7 heteroatoms. The van der Waals surface area contributed by atoms with Crippen LogP contribution in [0.4, 0.5) is 4.39 Å². The van der Waals surface area contributed by atoms with Crippen LogP contribution in [0, 0.1) is 5.82 Å². The summed E-state index contributed by atoms with van der Waals surface area (Å²) in [4.78, 5) is 15.2. The molecule has 2 rings (SSSR count). The van der Waals surface area contributed by atoms with Crippen molar-refractivity contribution >= 4 is 5.97 Å². The number of halogens is 1. The Labute approximate surface area is 108 Å². The standard InChI is InChI=1S/C12H12FN3O3/c1-3-19-12(17)8-5-15-16(7-8)10-4-11(18-2)14-6-9(10)13/h4-7H,3H2,1-2H3. The maximum atomic E-state index is 13.7. The van der Waals surface area contributed by atoms with Crippen LogP contribution < -0.4 is 4.74 Å². The maximum Gasteiger partial charge on any atom is 0.341 e. The Kier molecular flexibility index (Phi) is 3.74. The first-order valence-electron chi connectivity index (χ1n) is 5.57. The number of carbonyl (C=O) groups is 1. The van der Waals surface area contributed by atoms with Gasteiger partial charge in [-0.15, -0.1) is 0 Å². The number of hydrogen-bond donors (Lipinski definition) is 0. The van der Waals surface area contributed by atoms with E-state index >= 15 is 0 Å². The average Bonchev–Trinajstić information content (AvgIpc) is 2.89. The summed E-state index contributed by atoms with van der Waals surface area (Å²) in [5.74, 6) is -0.820. The molecule has 0 unspecified atom stereocenters. The Morgan fingerprint density at radius 3 is 2.95 bits per heavy atom. The van der Waals surface area contributed by atoms with Gasteiger partial charge in [0.05, 0.1) is 31.7 Å². The molecule has 0 aliphatic heterocycles. The van der Waals surface area contributed by atoms with E-state index in [-0.39, 0.29) is 23.7 Å². The van der Waals surface area contributed by atoms with Crippen LogP contribution in [-0.4, -0.2) is 34.5 Å². The van der Waals surface area contributed by atoms with Crippen molar-refractivity contribution in [2.45, 2.75) is 6.92 Å². The van der Waals surface area contributed by atoms with Gasteiger partial charge >= 0.3 is 5.97 Å². The minimum atomic E-state index is -0.570. The van der Waals surface area contributed by atoms with E-state index in [0.29, 0.717) is 0 Å². The molecule has 0 fully saturated rings. The molecule has 0 radical (unpaired) electrons. The van der Waals surface area contributed by atoms with Gasteiger partial charge in [-0.3, -0.25) is 0 Å². The van der Waals surface area contributed by atoms with E-state index < -0.39 is 11.8 Å². The zero-order valence-electron chi connectivity index (χ0n) is 10.5. The van der Waals surface area contributed by atoms with E-state index in [1.165, 1.54) is 30.3 Å². The number of esters is 1. The second-order valence-electron chi connectivity index (χ2n) is 3.57. The van der Waals surface area contributed by atoms with Gasteiger partial charge < -0.3 is 9.47 Å². The van der Waals surface area contributed by atoms with E-state index in [2.05, 4.69) is 10.1 Å². The third kappa shape index (κ3) is 2.70. The van der Waals surface area contributed by atoms with Crippen molar-refractivity contribution in [3.8, 4) is 11.6 Å². The summed E-state index contributed by atoms with van der Waals surface area (Å²) < 4.78 is 24.6. The number of aromatic nitrogens is 3. The quantitative estimate of drug-likeness (QED) is 0.785. The summed E-state index contributed by atoms with van der Waals surface area (Å²) in [6, 6.07) is 1.39. The van der Waals surface area contributed by atoms with E-state index in [0.717, 1.165) is 6.20 Å². The highest BCUT2D eigenvalue weighted by Crippen LogP contribution is 2.17. The zero-order chi connectivity index (χ0) is 13.8. The summed E-state index contributed by atoms with van der Waals surface area (Å²) in [6.45, 7) is 1.97. The van der Waals surface area contributed by atoms with Gasteiger partial charge in [0, 0.05) is 12.3 Å². The minimum absolute atomic E-state index is 0.141. The third-order valence-electron chi connectivity index (χ3n) is 2.36. The van der Waals surface area contributed by atoms with Crippen molar-refractivity contribution in [3.63, 3.8) is 0 Å². The summed E-state index contributed by atoms with van der Waals surface area (Å²) in [7, 11) is 1.43. The molecule has 2 heterocycles. The highest BCUT2D eigenvalue weighted by molar-refractivity contribution is 5.88. The average molecular weight is 265 g/mol. The van der Waals surface area contributed by atoms with Crippen LogP contribution in [0.15, 0.2) is 24.7 Å². The second kappa shape index (κ2) is 5.47. The zero-order valence-corrected chi connectivity index (χ0v) is 10.5. The minimum Gasteiger partial charge on any atom is -0.481 e. The van der Waals surface area contributed by atoms with Gasteiger partial charge in [-0.25, -0.2) is 18.9 Å². The molecule has 0 aliphatic rings. The molecular formula is C12H12FN3O3. The largest absolute Gasteiger partial charge is 0.481 e. The number of ether oxygens (including phenoxy) is 2. The molecule has 2 aromatic heterocycles. The van der Waals surface area contributed by atoms with Gasteiger partial charge in [-0.05, 0) is 6.92 Å². The van der Waals surface area contributed by atoms with Crippen molar-refractivity contribution in [2.24, 2.45) is 0 Å². The lowest BCUT2D eigenvalue weighted by atomic mass is 10.3. The van der Waals surface area contributed by atoms with Crippen LogP contribution in [0.25, 0.3) is 5.69 Å². The first kappa shape index (κ1) is 13.0. The van der Waals surface area contributed by atoms with Gasteiger partial charge in [0.2, 0.25) is 5.88 Å². The number of hydrogen-bond acceptors (Lipinski definition) is 5. The van der Waals surface area contributed by atoms with Crippen molar-refractivity contribution in [1.29, 1.82) is 0 Å². The lowest BCUT2D eigenvalue weighted by Gasteiger charge is -2.04. The first-order chi connectivity index (χ1) is 9.15. The van der Waals surface area contributed by atoms with Gasteiger partial charge in [0.15, 0.2) is 5.82 Å². The maximum absolute atomic E-state index is 13.7. The van der Waals surface area contributed by atoms with Crippen LogP contribution >= 0.6 is 0 Å². The third-order valence-corrected chi connectivity index (χ3v) is 2.36. The van der Waals surface area contributed by atoms with Crippen LogP contribution in [0.1, 0.15) is 17.3 Å². The molecule has 2 aromatic rings. The van der Waals surface area contributed by atoms with E-state index in [1.807, 2.05) is 0 Å². The Bertz CT molecular complexity index is 598. The van der Waals surface area contributed by atoms with Crippen LogP contribution in [0.2, 0.25) is 0 Å². The number of rotatable bonds is 4. The van der Waals surface area contributed by atoms with Crippen molar-refractivity contribution in [3.05, 3.63) is 36.0 Å². The number of methoxy groups -OCH3 is 1. The summed E-state index contributed by atoms with van der Waals surface area (Å²) >= 11 is 0. The number of nitrogens with zero attached hydrogens (tertiary/aromatic N) is 3. The molecule has 0 amide bonds. The summed E-state index contributed by atoms with van der Waals surface area (Å²) in [6.07, 6.45) is 3.72. The van der Waals surface area contributed by atoms with Crippen LogP contribution in [0.5, 0.6) is 5.88 Å². The lowest BCUT2D eigenvalue weighted by Crippen LogP contribution is -2.04. The fraction of sp³-hybridized carbons (Fsp3) is 0.250. The van der Waals surface area contributed by atoms with E-state index in [4.69, 9.17) is 9.47 Å². The van der Waals surface area contributed by atoms with E-state index in [1.54, 1.807) is 6.92 Å². The topological polar surface area (TPSA) is 66.2 Å². The monoisotopic (exact) mass is 265 g/mol. The predicted molar refractivity (Wildman–Crippen MR) is 63.8 cm³/mol. The van der Waals surface area contributed by atoms with Crippen molar-refractivity contribution in [2.75, 3.05) is 13.7 Å². The highest BCUT2D eigenvalue weighted by Gasteiger charge is 2.13. The van der Waals surface area contributed by atoms with E-state index in [9.17, 15) is 9.18 Å². The molecular weight excluding hydrogens is 253 g/mol. The van der Waals surface area contributed by atoms with Gasteiger partial charge in [0.25, 0.3) is 0 Å². The van der Waals surface area contributed by atoms with Gasteiger partial charge in [-0.2, -0.15) is 5.10 Å². The summed E-state index contributed by atoms with van der Waals surface area (Å²) in [5.41, 5.74) is 0.388. The SMILES string of the molecule is CCOC(=O)c1cnn(-c2cc(OC)ncc2F)c1. The lowest BCUT2D eigenvalue weighted by molar-refractivity contribution is 0.0526. The molecule has 0 N–H and O–H groups in total. The fourth-order valence-corrected chi connectivity index (χ4v) is 1.47. The molecule has 6 nitrogen and oxygen atoms in total. The molecule has 0 saturated heterocycles.